The summed E-state index contributed by atoms with van der Waals surface area (Å²) in [6, 6.07) is 8.89. The number of morpholine rings is 1. The number of fused-ring (bicyclic) bond motifs is 3. The maximum atomic E-state index is 16.8. The van der Waals surface area contributed by atoms with E-state index in [1.165, 1.54) is 24.3 Å². The third-order valence-corrected chi connectivity index (χ3v) is 9.93. The molecule has 2 N–H and O–H groups in total. The van der Waals surface area contributed by atoms with Gasteiger partial charge in [-0.25, -0.2) is 13.2 Å². The number of alkyl halides is 1. The number of anilines is 1. The minimum atomic E-state index is -0.919. The van der Waals surface area contributed by atoms with Gasteiger partial charge in [0.1, 0.15) is 41.3 Å². The van der Waals surface area contributed by atoms with Gasteiger partial charge in [0.2, 0.25) is 0 Å². The Morgan fingerprint density at radius 2 is 2.00 bits per heavy atom. The van der Waals surface area contributed by atoms with Crippen molar-refractivity contribution >= 4 is 27.5 Å². The highest BCUT2D eigenvalue weighted by molar-refractivity contribution is 6.04. The van der Waals surface area contributed by atoms with Crippen LogP contribution in [0.5, 0.6) is 11.8 Å². The molecule has 4 aliphatic heterocycles. The first-order chi connectivity index (χ1) is 21.8. The average Bonchev–Trinajstić information content (AvgIpc) is 3.55. The fourth-order valence-corrected chi connectivity index (χ4v) is 7.71. The summed E-state index contributed by atoms with van der Waals surface area (Å²) in [4.78, 5) is 13.6. The number of aromatic hydroxyl groups is 1. The lowest BCUT2D eigenvalue weighted by Crippen LogP contribution is -2.69. The number of hydrogen-bond acceptors (Lipinski definition) is 8. The maximum Gasteiger partial charge on any atom is 0.319 e. The number of rotatable bonds is 5. The largest absolute Gasteiger partial charge is 0.508 e. The summed E-state index contributed by atoms with van der Waals surface area (Å²) in [5.74, 6) is 1.49. The number of phenolic OH excluding ortho intramolecular Hbond substituents is 1. The van der Waals surface area contributed by atoms with Crippen molar-refractivity contribution in [1.29, 1.82) is 0 Å². The molecule has 1 spiro atoms. The van der Waals surface area contributed by atoms with Crippen molar-refractivity contribution in [2.75, 3.05) is 57.4 Å². The van der Waals surface area contributed by atoms with Crippen molar-refractivity contribution in [3.8, 4) is 35.2 Å². The van der Waals surface area contributed by atoms with Crippen molar-refractivity contribution in [2.45, 2.75) is 36.6 Å². The zero-order valence-corrected chi connectivity index (χ0v) is 24.6. The molecule has 232 valence electrons. The Balaban J connectivity index is 1.27. The van der Waals surface area contributed by atoms with E-state index in [1.54, 1.807) is 12.1 Å². The van der Waals surface area contributed by atoms with E-state index in [9.17, 15) is 13.9 Å². The van der Waals surface area contributed by atoms with E-state index in [0.717, 1.165) is 19.4 Å². The second kappa shape index (κ2) is 10.5. The molecule has 4 saturated heterocycles. The highest BCUT2D eigenvalue weighted by Gasteiger charge is 2.49. The Morgan fingerprint density at radius 3 is 2.80 bits per heavy atom. The number of nitrogens with one attached hydrogen (secondary N) is 1. The molecule has 45 heavy (non-hydrogen) atoms. The second-order valence-corrected chi connectivity index (χ2v) is 12.7. The SMILES string of the molecule is C#Cc1c(F)ccc2cc(O)cc(-c3ccc4c(N5CCOC6(CNC6)C5)nc(OC[C@@]56CCCN5C[C@H](F)C6)nc4c3F)c12. The van der Waals surface area contributed by atoms with Crippen LogP contribution in [0.25, 0.3) is 32.8 Å². The van der Waals surface area contributed by atoms with Crippen LogP contribution in [0, 0.1) is 24.0 Å². The Kier molecular flexibility index (Phi) is 6.60. The first kappa shape index (κ1) is 28.4. The molecular weight excluding hydrogens is 583 g/mol. The minimum Gasteiger partial charge on any atom is -0.508 e. The van der Waals surface area contributed by atoms with Crippen LogP contribution in [-0.2, 0) is 4.74 Å². The Labute approximate surface area is 258 Å². The highest BCUT2D eigenvalue weighted by Crippen LogP contribution is 2.42. The Hall–Kier alpha value is -4.11. The summed E-state index contributed by atoms with van der Waals surface area (Å²) >= 11 is 0. The lowest BCUT2D eigenvalue weighted by Gasteiger charge is -2.49. The zero-order chi connectivity index (χ0) is 30.9. The topological polar surface area (TPSA) is 83.0 Å². The predicted octanol–water partition coefficient (Wildman–Crippen LogP) is 4.55. The maximum absolute atomic E-state index is 16.8. The van der Waals surface area contributed by atoms with Gasteiger partial charge in [0.25, 0.3) is 0 Å². The van der Waals surface area contributed by atoms with Gasteiger partial charge in [0, 0.05) is 48.9 Å². The molecule has 0 bridgehead atoms. The van der Waals surface area contributed by atoms with Gasteiger partial charge in [-0.1, -0.05) is 18.1 Å². The third kappa shape index (κ3) is 4.57. The van der Waals surface area contributed by atoms with Crippen LogP contribution < -0.4 is 15.0 Å². The summed E-state index contributed by atoms with van der Waals surface area (Å²) in [6.45, 7) is 4.37. The predicted molar refractivity (Wildman–Crippen MR) is 164 cm³/mol. The molecule has 0 aliphatic carbocycles. The Bertz CT molecular complexity index is 1890. The molecule has 8 rings (SSSR count). The standard InChI is InChI=1S/C34H32F3N5O3/c1-2-23-27(36)7-4-20-12-22(43)13-26(28(20)23)24-5-6-25-30(29(24)37)39-32(44-19-33-8-3-9-42(33)15-21(35)14-33)40-31(25)41-10-11-45-34(18-41)16-38-17-34/h1,4-7,12-13,21,38,43H,3,8-11,14-19H2/t21-,33+/m1/s1. The molecule has 1 aromatic heterocycles. The average molecular weight is 616 g/mol. The van der Waals surface area contributed by atoms with Crippen LogP contribution in [0.2, 0.25) is 0 Å². The zero-order valence-electron chi connectivity index (χ0n) is 24.6. The van der Waals surface area contributed by atoms with E-state index in [4.69, 9.17) is 20.9 Å². The van der Waals surface area contributed by atoms with Gasteiger partial charge < -0.3 is 24.8 Å². The molecule has 0 radical (unpaired) electrons. The molecule has 4 fully saturated rings. The summed E-state index contributed by atoms with van der Waals surface area (Å²) in [5.41, 5.74) is -0.454. The smallest absolute Gasteiger partial charge is 0.319 e. The molecule has 2 atom stereocenters. The lowest BCUT2D eigenvalue weighted by molar-refractivity contribution is -0.0883. The number of hydrogen-bond donors (Lipinski definition) is 2. The summed E-state index contributed by atoms with van der Waals surface area (Å²) in [6.07, 6.45) is 6.92. The van der Waals surface area contributed by atoms with Crippen LogP contribution in [0.1, 0.15) is 24.8 Å². The number of nitrogens with zero attached hydrogens (tertiary/aromatic N) is 4. The molecule has 8 nitrogen and oxygen atoms in total. The lowest BCUT2D eigenvalue weighted by atomic mass is 9.92. The van der Waals surface area contributed by atoms with Crippen LogP contribution >= 0.6 is 0 Å². The number of benzene rings is 3. The second-order valence-electron chi connectivity index (χ2n) is 12.7. The molecule has 3 aromatic carbocycles. The van der Waals surface area contributed by atoms with Crippen LogP contribution in [-0.4, -0.2) is 89.8 Å². The number of aromatic nitrogens is 2. The van der Waals surface area contributed by atoms with Gasteiger partial charge in [-0.15, -0.1) is 6.42 Å². The fourth-order valence-electron chi connectivity index (χ4n) is 7.71. The van der Waals surface area contributed by atoms with Gasteiger partial charge in [-0.05, 0) is 54.6 Å². The number of phenols is 1. The first-order valence-electron chi connectivity index (χ1n) is 15.3. The van der Waals surface area contributed by atoms with Gasteiger partial charge in [0.05, 0.1) is 24.3 Å². The van der Waals surface area contributed by atoms with E-state index in [0.29, 0.717) is 67.7 Å². The van der Waals surface area contributed by atoms with Crippen molar-refractivity contribution < 1.29 is 27.8 Å². The third-order valence-electron chi connectivity index (χ3n) is 9.93. The monoisotopic (exact) mass is 615 g/mol. The van der Waals surface area contributed by atoms with Crippen molar-refractivity contribution in [1.82, 2.24) is 20.2 Å². The quantitative estimate of drug-likeness (QED) is 0.317. The molecule has 4 aromatic rings. The van der Waals surface area contributed by atoms with Gasteiger partial charge in [0.15, 0.2) is 5.82 Å². The van der Waals surface area contributed by atoms with Crippen molar-refractivity contribution in [3.63, 3.8) is 0 Å². The van der Waals surface area contributed by atoms with Crippen LogP contribution in [0.3, 0.4) is 0 Å². The van der Waals surface area contributed by atoms with E-state index in [2.05, 4.69) is 26.0 Å². The molecule has 0 unspecified atom stereocenters. The van der Waals surface area contributed by atoms with Crippen LogP contribution in [0.4, 0.5) is 19.0 Å². The molecule has 4 aliphatic rings. The fraction of sp³-hybridized carbons (Fsp3) is 0.412. The molecular formula is C34H32F3N5O3. The number of halogens is 3. The Morgan fingerprint density at radius 1 is 1.13 bits per heavy atom. The van der Waals surface area contributed by atoms with E-state index in [1.807, 2.05) is 0 Å². The van der Waals surface area contributed by atoms with Gasteiger partial charge in [-0.3, -0.25) is 4.90 Å². The van der Waals surface area contributed by atoms with Crippen molar-refractivity contribution in [3.05, 3.63) is 53.6 Å². The molecule has 0 saturated carbocycles. The van der Waals surface area contributed by atoms with Gasteiger partial charge >= 0.3 is 6.01 Å². The summed E-state index contributed by atoms with van der Waals surface area (Å²) in [5, 5.41) is 15.1. The number of ether oxygens (including phenoxy) is 2. The highest BCUT2D eigenvalue weighted by atomic mass is 19.1. The molecule has 0 amide bonds. The first-order valence-corrected chi connectivity index (χ1v) is 15.3. The van der Waals surface area contributed by atoms with E-state index in [-0.39, 0.29) is 46.2 Å². The van der Waals surface area contributed by atoms with Crippen LogP contribution in [0.15, 0.2) is 36.4 Å². The van der Waals surface area contributed by atoms with Gasteiger partial charge in [-0.2, -0.15) is 9.97 Å². The molecule has 11 heteroatoms. The van der Waals surface area contributed by atoms with Crippen molar-refractivity contribution in [2.24, 2.45) is 0 Å². The minimum absolute atomic E-state index is 0.000449. The van der Waals surface area contributed by atoms with E-state index < -0.39 is 23.3 Å². The normalized spacial score (nSPS) is 24.2. The summed E-state index contributed by atoms with van der Waals surface area (Å²) < 4.78 is 58.4. The summed E-state index contributed by atoms with van der Waals surface area (Å²) in [7, 11) is 0. The number of terminal acetylenes is 1. The van der Waals surface area contributed by atoms with E-state index >= 15 is 4.39 Å². The molecule has 5 heterocycles.